The summed E-state index contributed by atoms with van der Waals surface area (Å²) in [4.78, 5) is 11.6. The Bertz CT molecular complexity index is 394. The fraction of sp³-hybridized carbons (Fsp3) is 0.357. The van der Waals surface area contributed by atoms with Crippen molar-refractivity contribution in [2.75, 3.05) is 7.11 Å². The molecule has 0 saturated heterocycles. The van der Waals surface area contributed by atoms with Crippen LogP contribution < -0.4 is 0 Å². The quantitative estimate of drug-likeness (QED) is 0.573. The molecule has 0 aromatic heterocycles. The first-order valence-electron chi connectivity index (χ1n) is 5.55. The zero-order chi connectivity index (χ0) is 11.5. The van der Waals surface area contributed by atoms with Gasteiger partial charge < -0.3 is 4.74 Å². The van der Waals surface area contributed by atoms with E-state index in [1.165, 1.54) is 12.7 Å². The van der Waals surface area contributed by atoms with Crippen LogP contribution in [0, 0.1) is 11.8 Å². The standard InChI is InChI=1S/C14H16O2/c1-3-7-11-12(13(11)14(15)16-2)10-8-5-4-6-9-10/h3-9,11-13H,1-2H3/b7-3+/t11-,12+,13+/m1/s1. The van der Waals surface area contributed by atoms with Gasteiger partial charge in [-0.1, -0.05) is 42.5 Å². The molecule has 0 radical (unpaired) electrons. The van der Waals surface area contributed by atoms with Crippen molar-refractivity contribution < 1.29 is 9.53 Å². The van der Waals surface area contributed by atoms with Crippen LogP contribution in [0.2, 0.25) is 0 Å². The molecule has 1 aliphatic rings. The summed E-state index contributed by atoms with van der Waals surface area (Å²) >= 11 is 0. The fourth-order valence-corrected chi connectivity index (χ4v) is 2.34. The van der Waals surface area contributed by atoms with Crippen molar-refractivity contribution in [2.24, 2.45) is 11.8 Å². The van der Waals surface area contributed by atoms with Crippen molar-refractivity contribution in [2.45, 2.75) is 12.8 Å². The van der Waals surface area contributed by atoms with E-state index in [1.807, 2.05) is 31.2 Å². The van der Waals surface area contributed by atoms with Crippen LogP contribution in [0.1, 0.15) is 18.4 Å². The van der Waals surface area contributed by atoms with Crippen LogP contribution in [0.3, 0.4) is 0 Å². The lowest BCUT2D eigenvalue weighted by molar-refractivity contribution is -0.142. The number of rotatable bonds is 3. The average molecular weight is 216 g/mol. The average Bonchev–Trinajstić information content (AvgIpc) is 3.04. The molecule has 1 aromatic rings. The van der Waals surface area contributed by atoms with Gasteiger partial charge in [0.05, 0.1) is 13.0 Å². The first-order chi connectivity index (χ1) is 7.79. The summed E-state index contributed by atoms with van der Waals surface area (Å²) in [6.45, 7) is 1.98. The summed E-state index contributed by atoms with van der Waals surface area (Å²) in [7, 11) is 1.45. The number of carbonyl (C=O) groups excluding carboxylic acids is 1. The third-order valence-electron chi connectivity index (χ3n) is 3.15. The summed E-state index contributed by atoms with van der Waals surface area (Å²) in [6, 6.07) is 10.2. The summed E-state index contributed by atoms with van der Waals surface area (Å²) in [5.74, 6) is 0.505. The number of carbonyl (C=O) groups is 1. The third kappa shape index (κ3) is 1.87. The molecule has 0 aliphatic heterocycles. The molecule has 0 spiro atoms. The first kappa shape index (κ1) is 10.9. The second-order valence-corrected chi connectivity index (χ2v) is 4.09. The molecular weight excluding hydrogens is 200 g/mol. The Morgan fingerprint density at radius 2 is 2.00 bits per heavy atom. The molecule has 84 valence electrons. The molecule has 1 fully saturated rings. The SMILES string of the molecule is C/C=C/[C@H]1[C@H](C(=O)OC)[C@H]1c1ccccc1. The molecule has 0 unspecified atom stereocenters. The molecule has 2 nitrogen and oxygen atoms in total. The van der Waals surface area contributed by atoms with Crippen LogP contribution >= 0.6 is 0 Å². The van der Waals surface area contributed by atoms with Crippen molar-refractivity contribution in [3.8, 4) is 0 Å². The number of methoxy groups -OCH3 is 1. The maximum atomic E-state index is 11.6. The largest absolute Gasteiger partial charge is 0.469 e. The minimum Gasteiger partial charge on any atom is -0.469 e. The second kappa shape index (κ2) is 4.52. The molecule has 1 saturated carbocycles. The zero-order valence-corrected chi connectivity index (χ0v) is 9.59. The Kier molecular flexibility index (Phi) is 3.09. The molecule has 2 heteroatoms. The number of allylic oxidation sites excluding steroid dienone is 2. The predicted molar refractivity (Wildman–Crippen MR) is 63.0 cm³/mol. The van der Waals surface area contributed by atoms with Gasteiger partial charge in [0, 0.05) is 5.92 Å². The van der Waals surface area contributed by atoms with Gasteiger partial charge in [0.15, 0.2) is 0 Å². The van der Waals surface area contributed by atoms with E-state index in [2.05, 4.69) is 18.2 Å². The Hall–Kier alpha value is -1.57. The van der Waals surface area contributed by atoms with Crippen molar-refractivity contribution in [1.82, 2.24) is 0 Å². The van der Waals surface area contributed by atoms with Gasteiger partial charge in [0.2, 0.25) is 0 Å². The lowest BCUT2D eigenvalue weighted by atomic mass is 10.1. The first-order valence-corrected chi connectivity index (χ1v) is 5.55. The maximum Gasteiger partial charge on any atom is 0.309 e. The van der Waals surface area contributed by atoms with Gasteiger partial charge in [-0.2, -0.15) is 0 Å². The van der Waals surface area contributed by atoms with Gasteiger partial charge in [0.25, 0.3) is 0 Å². The summed E-state index contributed by atoms with van der Waals surface area (Å²) < 4.78 is 4.83. The highest BCUT2D eigenvalue weighted by Crippen LogP contribution is 2.55. The van der Waals surface area contributed by atoms with Crippen LogP contribution in [0.4, 0.5) is 0 Å². The van der Waals surface area contributed by atoms with Gasteiger partial charge in [-0.05, 0) is 18.4 Å². The Morgan fingerprint density at radius 1 is 1.31 bits per heavy atom. The van der Waals surface area contributed by atoms with E-state index in [-0.39, 0.29) is 11.9 Å². The van der Waals surface area contributed by atoms with Gasteiger partial charge in [-0.3, -0.25) is 4.79 Å². The zero-order valence-electron chi connectivity index (χ0n) is 9.59. The van der Waals surface area contributed by atoms with Crippen LogP contribution in [-0.2, 0) is 9.53 Å². The minimum atomic E-state index is -0.100. The van der Waals surface area contributed by atoms with Gasteiger partial charge >= 0.3 is 5.97 Å². The van der Waals surface area contributed by atoms with E-state index in [0.29, 0.717) is 11.8 Å². The van der Waals surface area contributed by atoms with E-state index >= 15 is 0 Å². The molecule has 2 rings (SSSR count). The number of hydrogen-bond donors (Lipinski definition) is 0. The number of benzene rings is 1. The number of hydrogen-bond acceptors (Lipinski definition) is 2. The van der Waals surface area contributed by atoms with Crippen molar-refractivity contribution >= 4 is 5.97 Å². The number of esters is 1. The van der Waals surface area contributed by atoms with E-state index in [4.69, 9.17) is 4.74 Å². The normalized spacial score (nSPS) is 28.0. The number of ether oxygens (including phenoxy) is 1. The van der Waals surface area contributed by atoms with E-state index in [9.17, 15) is 4.79 Å². The van der Waals surface area contributed by atoms with E-state index in [1.54, 1.807) is 0 Å². The predicted octanol–water partition coefficient (Wildman–Crippen LogP) is 2.77. The molecule has 3 atom stereocenters. The summed E-state index contributed by atoms with van der Waals surface area (Å²) in [6.07, 6.45) is 4.10. The fourth-order valence-electron chi connectivity index (χ4n) is 2.34. The van der Waals surface area contributed by atoms with Crippen molar-refractivity contribution in [1.29, 1.82) is 0 Å². The van der Waals surface area contributed by atoms with E-state index in [0.717, 1.165) is 0 Å². The Morgan fingerprint density at radius 3 is 2.56 bits per heavy atom. The maximum absolute atomic E-state index is 11.6. The van der Waals surface area contributed by atoms with Gasteiger partial charge in [-0.25, -0.2) is 0 Å². The molecule has 1 aliphatic carbocycles. The third-order valence-corrected chi connectivity index (χ3v) is 3.15. The highest BCUT2D eigenvalue weighted by atomic mass is 16.5. The Labute approximate surface area is 95.9 Å². The lowest BCUT2D eigenvalue weighted by Crippen LogP contribution is -2.04. The summed E-state index contributed by atoms with van der Waals surface area (Å²) in [5.41, 5.74) is 1.22. The molecule has 16 heavy (non-hydrogen) atoms. The van der Waals surface area contributed by atoms with Crippen molar-refractivity contribution in [3.05, 3.63) is 48.0 Å². The van der Waals surface area contributed by atoms with Crippen molar-refractivity contribution in [3.63, 3.8) is 0 Å². The molecular formula is C14H16O2. The van der Waals surface area contributed by atoms with Crippen LogP contribution in [-0.4, -0.2) is 13.1 Å². The van der Waals surface area contributed by atoms with Gasteiger partial charge in [0.1, 0.15) is 0 Å². The molecule has 0 N–H and O–H groups in total. The molecule has 0 bridgehead atoms. The Balaban J connectivity index is 2.19. The lowest BCUT2D eigenvalue weighted by Gasteiger charge is -1.98. The molecule has 0 amide bonds. The smallest absolute Gasteiger partial charge is 0.309 e. The van der Waals surface area contributed by atoms with Crippen LogP contribution in [0.25, 0.3) is 0 Å². The highest BCUT2D eigenvalue weighted by molar-refractivity contribution is 5.78. The summed E-state index contributed by atoms with van der Waals surface area (Å²) in [5, 5.41) is 0. The molecule has 0 heterocycles. The highest BCUT2D eigenvalue weighted by Gasteiger charge is 2.54. The second-order valence-electron chi connectivity index (χ2n) is 4.09. The van der Waals surface area contributed by atoms with Crippen LogP contribution in [0.15, 0.2) is 42.5 Å². The van der Waals surface area contributed by atoms with Gasteiger partial charge in [-0.15, -0.1) is 0 Å². The van der Waals surface area contributed by atoms with E-state index < -0.39 is 0 Å². The molecule has 1 aromatic carbocycles. The topological polar surface area (TPSA) is 26.3 Å². The monoisotopic (exact) mass is 216 g/mol. The minimum absolute atomic E-state index is 0.00333. The van der Waals surface area contributed by atoms with Crippen LogP contribution in [0.5, 0.6) is 0 Å².